The Balaban J connectivity index is 2.09. The van der Waals surface area contributed by atoms with E-state index in [2.05, 4.69) is 28.7 Å². The van der Waals surface area contributed by atoms with E-state index in [0.29, 0.717) is 18.0 Å². The van der Waals surface area contributed by atoms with Gasteiger partial charge in [0.1, 0.15) is 17.4 Å². The lowest BCUT2D eigenvalue weighted by Crippen LogP contribution is -2.14. The minimum Gasteiger partial charge on any atom is -0.438 e. The van der Waals surface area contributed by atoms with Crippen LogP contribution in [0.3, 0.4) is 0 Å². The minimum absolute atomic E-state index is 0.118. The Morgan fingerprint density at radius 2 is 1.69 bits per heavy atom. The zero-order valence-corrected chi connectivity index (χ0v) is 17.8. The van der Waals surface area contributed by atoms with Gasteiger partial charge in [-0.1, -0.05) is 37.4 Å². The van der Waals surface area contributed by atoms with Gasteiger partial charge in [-0.3, -0.25) is 10.4 Å². The molecule has 0 atom stereocenters. The van der Waals surface area contributed by atoms with Gasteiger partial charge < -0.3 is 10.5 Å². The van der Waals surface area contributed by atoms with Crippen LogP contribution >= 0.6 is 0 Å². The number of nitrogens with zero attached hydrogens (tertiary/aromatic N) is 2. The summed E-state index contributed by atoms with van der Waals surface area (Å²) in [5.74, 6) is -3.02. The Morgan fingerprint density at radius 1 is 1.09 bits per heavy atom. The van der Waals surface area contributed by atoms with E-state index in [9.17, 15) is 17.6 Å². The fourth-order valence-electron chi connectivity index (χ4n) is 2.67. The second kappa shape index (κ2) is 11.2. The van der Waals surface area contributed by atoms with Crippen LogP contribution in [0.4, 0.5) is 17.6 Å². The number of halogens is 4. The molecule has 2 aromatic carbocycles. The maximum Gasteiger partial charge on any atom is 0.312 e. The summed E-state index contributed by atoms with van der Waals surface area (Å²) in [6, 6.07) is 9.30. The molecule has 5 nitrogen and oxygen atoms in total. The zero-order chi connectivity index (χ0) is 23.8. The molecule has 0 unspecified atom stereocenters. The Labute approximate surface area is 184 Å². The number of hydrogen-bond acceptors (Lipinski definition) is 5. The molecule has 0 fully saturated rings. The maximum absolute atomic E-state index is 14.5. The summed E-state index contributed by atoms with van der Waals surface area (Å²) in [7, 11) is 1.11. The third kappa shape index (κ3) is 6.52. The first-order valence-corrected chi connectivity index (χ1v) is 9.53. The van der Waals surface area contributed by atoms with Gasteiger partial charge in [0.2, 0.25) is 0 Å². The molecule has 0 saturated heterocycles. The van der Waals surface area contributed by atoms with Gasteiger partial charge >= 0.3 is 6.43 Å². The molecule has 0 aromatic heterocycles. The number of rotatable bonds is 9. The predicted molar refractivity (Wildman–Crippen MR) is 119 cm³/mol. The van der Waals surface area contributed by atoms with Crippen LogP contribution in [0.25, 0.3) is 11.5 Å². The smallest absolute Gasteiger partial charge is 0.312 e. The highest BCUT2D eigenvalue weighted by molar-refractivity contribution is 5.86. The van der Waals surface area contributed by atoms with Crippen molar-refractivity contribution in [2.45, 2.75) is 26.3 Å². The van der Waals surface area contributed by atoms with Crippen LogP contribution < -0.4 is 11.2 Å². The quantitative estimate of drug-likeness (QED) is 0.189. The van der Waals surface area contributed by atoms with E-state index in [1.807, 2.05) is 24.3 Å². The average molecular weight is 448 g/mol. The molecule has 0 aliphatic carbocycles. The molecule has 0 aliphatic rings. The van der Waals surface area contributed by atoms with Crippen LogP contribution in [-0.2, 0) is 17.7 Å². The zero-order valence-electron chi connectivity index (χ0n) is 17.8. The standard InChI is InChI=1S/C23H24F4N4O/c1-13(30-31-14(2)17-7-5-16(12-28)6-8-17)9-19-20(24)10-18(11-21(19)25)15(3)32-23(29-4)22(26)27/h5-8,10-11,22,31H,2-3,9,12,28H2,1,4H3/b29-23?,30-13+. The summed E-state index contributed by atoms with van der Waals surface area (Å²) in [6.07, 6.45) is -3.11. The summed E-state index contributed by atoms with van der Waals surface area (Å²) < 4.78 is 59.4. The molecular weight excluding hydrogens is 424 g/mol. The normalized spacial score (nSPS) is 12.1. The molecule has 0 saturated carbocycles. The highest BCUT2D eigenvalue weighted by Crippen LogP contribution is 2.23. The number of hydrazone groups is 1. The molecule has 9 heteroatoms. The number of aliphatic imine (C=N–C) groups is 1. The van der Waals surface area contributed by atoms with Crippen LogP contribution in [0.5, 0.6) is 0 Å². The van der Waals surface area contributed by atoms with E-state index in [-0.39, 0.29) is 23.3 Å². The number of alkyl halides is 2. The Hall–Kier alpha value is -3.46. The molecule has 0 bridgehead atoms. The molecule has 0 amide bonds. The van der Waals surface area contributed by atoms with Crippen LogP contribution in [0.1, 0.15) is 29.2 Å². The molecule has 0 aliphatic heterocycles. The fraction of sp³-hybridized carbons (Fsp3) is 0.217. The number of hydrogen-bond donors (Lipinski definition) is 2. The van der Waals surface area contributed by atoms with Gasteiger partial charge in [0.25, 0.3) is 5.90 Å². The molecule has 32 heavy (non-hydrogen) atoms. The Morgan fingerprint density at radius 3 is 2.19 bits per heavy atom. The SMILES string of the molecule is C=C(N/N=C(\C)Cc1c(F)cc(C(=C)OC(=NC)C(F)F)cc1F)c1ccc(CN)cc1. The number of benzene rings is 2. The van der Waals surface area contributed by atoms with Crippen molar-refractivity contribution in [3.05, 3.63) is 83.4 Å². The van der Waals surface area contributed by atoms with Crippen LogP contribution in [0, 0.1) is 11.6 Å². The average Bonchev–Trinajstić information content (AvgIpc) is 2.77. The van der Waals surface area contributed by atoms with Gasteiger partial charge in [-0.2, -0.15) is 13.9 Å². The van der Waals surface area contributed by atoms with E-state index >= 15 is 0 Å². The lowest BCUT2D eigenvalue weighted by molar-refractivity contribution is 0.196. The van der Waals surface area contributed by atoms with Crippen molar-refractivity contribution in [2.75, 3.05) is 7.05 Å². The lowest BCUT2D eigenvalue weighted by atomic mass is 10.0. The van der Waals surface area contributed by atoms with Gasteiger partial charge in [-0.25, -0.2) is 8.78 Å². The summed E-state index contributed by atoms with van der Waals surface area (Å²) in [4.78, 5) is 3.28. The first kappa shape index (κ1) is 24.8. The van der Waals surface area contributed by atoms with Gasteiger partial charge in [-0.15, -0.1) is 0 Å². The third-order valence-corrected chi connectivity index (χ3v) is 4.45. The summed E-state index contributed by atoms with van der Waals surface area (Å²) in [5.41, 5.74) is 10.6. The Kier molecular flexibility index (Phi) is 8.71. The largest absolute Gasteiger partial charge is 0.438 e. The molecule has 170 valence electrons. The van der Waals surface area contributed by atoms with E-state index in [0.717, 1.165) is 30.3 Å². The molecule has 0 spiro atoms. The summed E-state index contributed by atoms with van der Waals surface area (Å²) in [5, 5.41) is 4.12. The number of nitrogens with two attached hydrogens (primary N) is 1. The van der Waals surface area contributed by atoms with Crippen molar-refractivity contribution >= 4 is 23.1 Å². The number of ether oxygens (including phenoxy) is 1. The maximum atomic E-state index is 14.5. The van der Waals surface area contributed by atoms with E-state index in [4.69, 9.17) is 10.5 Å². The van der Waals surface area contributed by atoms with Crippen LogP contribution in [-0.4, -0.2) is 25.1 Å². The first-order valence-electron chi connectivity index (χ1n) is 9.53. The van der Waals surface area contributed by atoms with Crippen molar-refractivity contribution < 1.29 is 22.3 Å². The third-order valence-electron chi connectivity index (χ3n) is 4.45. The van der Waals surface area contributed by atoms with Gasteiger partial charge in [-0.05, 0) is 30.2 Å². The van der Waals surface area contributed by atoms with Gasteiger partial charge in [0, 0.05) is 36.9 Å². The summed E-state index contributed by atoms with van der Waals surface area (Å²) in [6.45, 7) is 9.34. The topological polar surface area (TPSA) is 72.0 Å². The number of nitrogens with one attached hydrogen (secondary N) is 1. The molecule has 0 radical (unpaired) electrons. The van der Waals surface area contributed by atoms with Crippen LogP contribution in [0.15, 0.2) is 59.6 Å². The monoisotopic (exact) mass is 448 g/mol. The summed E-state index contributed by atoms with van der Waals surface area (Å²) >= 11 is 0. The van der Waals surface area contributed by atoms with E-state index in [1.165, 1.54) is 0 Å². The van der Waals surface area contributed by atoms with Gasteiger partial charge in [0.05, 0.1) is 5.70 Å². The second-order valence-electron chi connectivity index (χ2n) is 6.82. The van der Waals surface area contributed by atoms with Crippen molar-refractivity contribution in [1.82, 2.24) is 5.43 Å². The Bertz CT molecular complexity index is 1020. The first-order chi connectivity index (χ1) is 15.2. The van der Waals surface area contributed by atoms with Gasteiger partial charge in [0.15, 0.2) is 0 Å². The van der Waals surface area contributed by atoms with Crippen molar-refractivity contribution in [3.63, 3.8) is 0 Å². The molecule has 2 aromatic rings. The predicted octanol–water partition coefficient (Wildman–Crippen LogP) is 4.88. The van der Waals surface area contributed by atoms with E-state index < -0.39 is 24.0 Å². The highest BCUT2D eigenvalue weighted by Gasteiger charge is 2.19. The lowest BCUT2D eigenvalue weighted by Gasteiger charge is -2.13. The van der Waals surface area contributed by atoms with Crippen molar-refractivity contribution in [1.29, 1.82) is 0 Å². The molecule has 0 heterocycles. The van der Waals surface area contributed by atoms with Crippen molar-refractivity contribution in [3.8, 4) is 0 Å². The van der Waals surface area contributed by atoms with Crippen molar-refractivity contribution in [2.24, 2.45) is 15.8 Å². The minimum atomic E-state index is -2.98. The highest BCUT2D eigenvalue weighted by atomic mass is 19.3. The second-order valence-corrected chi connectivity index (χ2v) is 6.82. The van der Waals surface area contributed by atoms with E-state index in [1.54, 1.807) is 6.92 Å². The fourth-order valence-corrected chi connectivity index (χ4v) is 2.67. The molecular formula is C23H24F4N4O. The van der Waals surface area contributed by atoms with Crippen LogP contribution in [0.2, 0.25) is 0 Å². The molecule has 2 rings (SSSR count). The molecule has 3 N–H and O–H groups in total.